The van der Waals surface area contributed by atoms with E-state index in [1.165, 1.54) is 12.1 Å². The molecule has 142 valence electrons. The summed E-state index contributed by atoms with van der Waals surface area (Å²) in [7, 11) is 1.75. The van der Waals surface area contributed by atoms with Crippen molar-refractivity contribution in [3.63, 3.8) is 0 Å². The van der Waals surface area contributed by atoms with Crippen LogP contribution in [0.25, 0.3) is 38.6 Å². The van der Waals surface area contributed by atoms with Crippen LogP contribution in [0.3, 0.4) is 0 Å². The minimum absolute atomic E-state index is 0.138. The summed E-state index contributed by atoms with van der Waals surface area (Å²) in [5, 5.41) is 2.21. The van der Waals surface area contributed by atoms with Crippen molar-refractivity contribution >= 4 is 33.4 Å². The lowest BCUT2D eigenvalue weighted by Gasteiger charge is -2.18. The summed E-state index contributed by atoms with van der Waals surface area (Å²) in [6.07, 6.45) is 1.81. The minimum Gasteiger partial charge on any atom is -0.311 e. The second-order valence-electron chi connectivity index (χ2n) is 7.00. The van der Waals surface area contributed by atoms with Gasteiger partial charge in [-0.15, -0.1) is 0 Å². The molecule has 0 saturated carbocycles. The molecule has 0 saturated heterocycles. The number of fused-ring (bicyclic) bond motifs is 2. The molecule has 0 bridgehead atoms. The summed E-state index contributed by atoms with van der Waals surface area (Å²) < 4.78 is 17.2. The van der Waals surface area contributed by atoms with Crippen LogP contribution in [0.1, 0.15) is 0 Å². The maximum Gasteiger partial charge on any atom is 0.275 e. The average Bonchev–Trinajstić information content (AvgIpc) is 3.13. The van der Waals surface area contributed by atoms with Crippen LogP contribution in [0, 0.1) is 5.82 Å². The fraction of sp³-hybridized carbons (Fsp3) is 0.0417. The first-order valence-corrected chi connectivity index (χ1v) is 9.57. The molecular formula is C24H16ClFN2O. The van der Waals surface area contributed by atoms with E-state index in [2.05, 4.69) is 0 Å². The van der Waals surface area contributed by atoms with E-state index >= 15 is 0 Å². The number of hydrogen-bond donors (Lipinski definition) is 0. The molecule has 29 heavy (non-hydrogen) atoms. The van der Waals surface area contributed by atoms with Gasteiger partial charge in [0.1, 0.15) is 11.5 Å². The molecule has 0 atom stereocenters. The third kappa shape index (κ3) is 2.76. The van der Waals surface area contributed by atoms with Crippen molar-refractivity contribution < 1.29 is 4.39 Å². The van der Waals surface area contributed by atoms with E-state index in [0.29, 0.717) is 10.7 Å². The Morgan fingerprint density at radius 2 is 1.66 bits per heavy atom. The summed E-state index contributed by atoms with van der Waals surface area (Å²) in [6, 6.07) is 21.7. The Kier molecular flexibility index (Phi) is 4.03. The van der Waals surface area contributed by atoms with E-state index in [0.717, 1.165) is 32.9 Å². The van der Waals surface area contributed by atoms with E-state index in [-0.39, 0.29) is 11.4 Å². The first-order valence-electron chi connectivity index (χ1n) is 9.19. The molecule has 0 N–H and O–H groups in total. The predicted octanol–water partition coefficient (Wildman–Crippen LogP) is 5.94. The molecule has 0 aliphatic heterocycles. The van der Waals surface area contributed by atoms with Crippen molar-refractivity contribution in [1.29, 1.82) is 0 Å². The molecule has 5 aromatic rings. The van der Waals surface area contributed by atoms with Gasteiger partial charge in [-0.2, -0.15) is 0 Å². The summed E-state index contributed by atoms with van der Waals surface area (Å²) in [6.45, 7) is 0. The van der Waals surface area contributed by atoms with Crippen LogP contribution < -0.4 is 5.56 Å². The van der Waals surface area contributed by atoms with Crippen molar-refractivity contribution in [2.75, 3.05) is 0 Å². The van der Waals surface area contributed by atoms with E-state index in [1.54, 1.807) is 23.7 Å². The largest absolute Gasteiger partial charge is 0.311 e. The SMILES string of the molecule is Cn1c(=O)c(-n2ccc3cc(F)ccc32)c(-c2ccccc2)c2cc(Cl)ccc21. The number of aromatic nitrogens is 2. The van der Waals surface area contributed by atoms with Crippen LogP contribution in [-0.4, -0.2) is 9.13 Å². The Morgan fingerprint density at radius 3 is 2.45 bits per heavy atom. The molecule has 3 nitrogen and oxygen atoms in total. The van der Waals surface area contributed by atoms with Gasteiger partial charge in [0.15, 0.2) is 0 Å². The molecule has 0 radical (unpaired) electrons. The highest BCUT2D eigenvalue weighted by Crippen LogP contribution is 2.35. The lowest BCUT2D eigenvalue weighted by molar-refractivity contribution is 0.629. The molecule has 5 heteroatoms. The Morgan fingerprint density at radius 1 is 0.897 bits per heavy atom. The zero-order chi connectivity index (χ0) is 20.1. The van der Waals surface area contributed by atoms with Gasteiger partial charge in [0.05, 0.1) is 11.0 Å². The van der Waals surface area contributed by atoms with Gasteiger partial charge in [-0.1, -0.05) is 41.9 Å². The Labute approximate surface area is 171 Å². The predicted molar refractivity (Wildman–Crippen MR) is 116 cm³/mol. The monoisotopic (exact) mass is 402 g/mol. The number of pyridine rings is 1. The molecule has 0 aliphatic rings. The van der Waals surface area contributed by atoms with Crippen molar-refractivity contribution in [2.45, 2.75) is 0 Å². The maximum absolute atomic E-state index is 13.7. The van der Waals surface area contributed by atoms with Crippen LogP contribution in [-0.2, 0) is 7.05 Å². The fourth-order valence-corrected chi connectivity index (χ4v) is 4.10. The van der Waals surface area contributed by atoms with Gasteiger partial charge < -0.3 is 9.13 Å². The van der Waals surface area contributed by atoms with Gasteiger partial charge in [-0.3, -0.25) is 4.79 Å². The second kappa shape index (κ2) is 6.61. The molecule has 0 amide bonds. The molecule has 0 aliphatic carbocycles. The topological polar surface area (TPSA) is 26.9 Å². The molecule has 2 aromatic heterocycles. The highest BCUT2D eigenvalue weighted by atomic mass is 35.5. The number of hydrogen-bond acceptors (Lipinski definition) is 1. The van der Waals surface area contributed by atoms with Crippen molar-refractivity contribution in [1.82, 2.24) is 9.13 Å². The highest BCUT2D eigenvalue weighted by Gasteiger charge is 2.20. The lowest BCUT2D eigenvalue weighted by atomic mass is 9.98. The van der Waals surface area contributed by atoms with Crippen molar-refractivity contribution in [3.05, 3.63) is 100 Å². The van der Waals surface area contributed by atoms with Crippen LogP contribution in [0.5, 0.6) is 0 Å². The van der Waals surface area contributed by atoms with Crippen molar-refractivity contribution in [2.24, 2.45) is 7.05 Å². The van der Waals surface area contributed by atoms with Crippen LogP contribution in [0.15, 0.2) is 83.8 Å². The Bertz CT molecular complexity index is 1450. The van der Waals surface area contributed by atoms with Crippen LogP contribution >= 0.6 is 11.6 Å². The highest BCUT2D eigenvalue weighted by molar-refractivity contribution is 6.31. The average molecular weight is 403 g/mol. The summed E-state index contributed by atoms with van der Waals surface area (Å²) >= 11 is 6.32. The molecule has 5 rings (SSSR count). The molecule has 0 spiro atoms. The van der Waals surface area contributed by atoms with Gasteiger partial charge >= 0.3 is 0 Å². The van der Waals surface area contributed by atoms with E-state index in [9.17, 15) is 9.18 Å². The quantitative estimate of drug-likeness (QED) is 0.359. The van der Waals surface area contributed by atoms with Crippen molar-refractivity contribution in [3.8, 4) is 16.8 Å². The van der Waals surface area contributed by atoms with Gasteiger partial charge in [0.25, 0.3) is 5.56 Å². The first kappa shape index (κ1) is 17.7. The third-order valence-corrected chi connectivity index (χ3v) is 5.52. The third-order valence-electron chi connectivity index (χ3n) is 5.29. The Hall–Kier alpha value is -3.37. The molecule has 0 unspecified atom stereocenters. The van der Waals surface area contributed by atoms with Gasteiger partial charge in [0.2, 0.25) is 0 Å². The zero-order valence-corrected chi connectivity index (χ0v) is 16.3. The fourth-order valence-electron chi connectivity index (χ4n) is 3.93. The van der Waals surface area contributed by atoms with E-state index < -0.39 is 0 Å². The number of halogens is 2. The second-order valence-corrected chi connectivity index (χ2v) is 7.44. The maximum atomic E-state index is 13.7. The molecule has 3 aromatic carbocycles. The van der Waals surface area contributed by atoms with E-state index in [1.807, 2.05) is 59.3 Å². The lowest BCUT2D eigenvalue weighted by Crippen LogP contribution is -2.23. The summed E-state index contributed by atoms with van der Waals surface area (Å²) in [5.41, 5.74) is 3.64. The van der Waals surface area contributed by atoms with E-state index in [4.69, 9.17) is 11.6 Å². The van der Waals surface area contributed by atoms with Gasteiger partial charge in [0, 0.05) is 34.6 Å². The minimum atomic E-state index is -0.309. The smallest absolute Gasteiger partial charge is 0.275 e. The number of aryl methyl sites for hydroxylation is 1. The number of benzene rings is 3. The van der Waals surface area contributed by atoms with Crippen LogP contribution in [0.4, 0.5) is 4.39 Å². The van der Waals surface area contributed by atoms with Crippen LogP contribution in [0.2, 0.25) is 5.02 Å². The summed E-state index contributed by atoms with van der Waals surface area (Å²) in [4.78, 5) is 13.5. The van der Waals surface area contributed by atoms with Gasteiger partial charge in [-0.05, 0) is 48.0 Å². The molecular weight excluding hydrogens is 387 g/mol. The molecule has 2 heterocycles. The van der Waals surface area contributed by atoms with Gasteiger partial charge in [-0.25, -0.2) is 4.39 Å². The number of rotatable bonds is 2. The number of nitrogens with zero attached hydrogens (tertiary/aromatic N) is 2. The first-order chi connectivity index (χ1) is 14.0. The summed E-state index contributed by atoms with van der Waals surface area (Å²) in [5.74, 6) is -0.309. The normalized spacial score (nSPS) is 11.4. The Balaban J connectivity index is 2.00. The molecule has 0 fully saturated rings. The standard InChI is InChI=1S/C24H16ClFN2O/c1-27-21-9-7-17(25)14-19(21)22(15-5-3-2-4-6-15)23(24(27)29)28-12-11-16-13-18(26)8-10-20(16)28/h2-14H,1H3. The zero-order valence-electron chi connectivity index (χ0n) is 15.6.